The van der Waals surface area contributed by atoms with E-state index in [1.807, 2.05) is 61.8 Å². The van der Waals surface area contributed by atoms with Crippen LogP contribution in [0.1, 0.15) is 20.9 Å². The van der Waals surface area contributed by atoms with Gasteiger partial charge in [0, 0.05) is 30.1 Å². The number of carbonyl (C=O) groups is 1. The second-order valence-corrected chi connectivity index (χ2v) is 7.56. The maximum Gasteiger partial charge on any atom is 0.253 e. The molecule has 0 aliphatic heterocycles. The molecule has 146 valence electrons. The number of methoxy groups -OCH3 is 2. The van der Waals surface area contributed by atoms with Gasteiger partial charge in [0.2, 0.25) is 0 Å². The molecule has 0 N–H and O–H groups in total. The average molecular weight is 397 g/mol. The van der Waals surface area contributed by atoms with Gasteiger partial charge in [-0.3, -0.25) is 4.79 Å². The molecule has 0 aliphatic carbocycles. The number of carbonyl (C=O) groups excluding carboxylic acids is 1. The molecule has 5 nitrogen and oxygen atoms in total. The molecule has 0 aliphatic rings. The summed E-state index contributed by atoms with van der Waals surface area (Å²) in [6.07, 6.45) is 0.735. The van der Waals surface area contributed by atoms with Crippen LogP contribution >= 0.6 is 11.3 Å². The number of amides is 1. The van der Waals surface area contributed by atoms with Crippen molar-refractivity contribution >= 4 is 17.2 Å². The average Bonchev–Trinajstić information content (AvgIpc) is 3.17. The molecule has 0 saturated heterocycles. The lowest BCUT2D eigenvalue weighted by Crippen LogP contribution is -2.28. The lowest BCUT2D eigenvalue weighted by Gasteiger charge is -2.18. The van der Waals surface area contributed by atoms with Crippen LogP contribution < -0.4 is 9.47 Å². The molecule has 0 saturated carbocycles. The molecule has 0 spiro atoms. The van der Waals surface area contributed by atoms with Crippen LogP contribution in [0.5, 0.6) is 11.5 Å². The van der Waals surface area contributed by atoms with Gasteiger partial charge in [0.25, 0.3) is 5.91 Å². The van der Waals surface area contributed by atoms with Crippen LogP contribution in [-0.4, -0.2) is 43.6 Å². The smallest absolute Gasteiger partial charge is 0.253 e. The molecule has 0 unspecified atom stereocenters. The Morgan fingerprint density at radius 1 is 1.07 bits per heavy atom. The first-order valence-electron chi connectivity index (χ1n) is 9.00. The number of benzene rings is 2. The van der Waals surface area contributed by atoms with Crippen molar-refractivity contribution in [3.8, 4) is 22.8 Å². The summed E-state index contributed by atoms with van der Waals surface area (Å²) in [6, 6.07) is 13.4. The van der Waals surface area contributed by atoms with Gasteiger partial charge in [-0.15, -0.1) is 11.3 Å². The lowest BCUT2D eigenvalue weighted by atomic mass is 10.1. The van der Waals surface area contributed by atoms with Crippen LogP contribution in [0.25, 0.3) is 11.3 Å². The van der Waals surface area contributed by atoms with Crippen molar-refractivity contribution in [2.75, 3.05) is 27.8 Å². The maximum absolute atomic E-state index is 12.7. The highest BCUT2D eigenvalue weighted by Crippen LogP contribution is 2.28. The third-order valence-electron chi connectivity index (χ3n) is 4.58. The molecular formula is C22H24N2O3S. The van der Waals surface area contributed by atoms with Crippen LogP contribution in [0.2, 0.25) is 0 Å². The van der Waals surface area contributed by atoms with Gasteiger partial charge in [0.15, 0.2) is 11.5 Å². The minimum atomic E-state index is 0.00138. The van der Waals surface area contributed by atoms with Gasteiger partial charge in [-0.05, 0) is 43.2 Å². The van der Waals surface area contributed by atoms with E-state index < -0.39 is 0 Å². The lowest BCUT2D eigenvalue weighted by molar-refractivity contribution is 0.0796. The summed E-state index contributed by atoms with van der Waals surface area (Å²) in [7, 11) is 5.06. The Hall–Kier alpha value is -2.86. The van der Waals surface area contributed by atoms with Gasteiger partial charge in [0.05, 0.1) is 24.9 Å². The van der Waals surface area contributed by atoms with Gasteiger partial charge in [-0.2, -0.15) is 0 Å². The van der Waals surface area contributed by atoms with E-state index in [4.69, 9.17) is 9.47 Å². The summed E-state index contributed by atoms with van der Waals surface area (Å²) in [6.45, 7) is 2.60. The maximum atomic E-state index is 12.7. The van der Waals surface area contributed by atoms with Gasteiger partial charge in [-0.1, -0.05) is 18.2 Å². The standard InChI is InChI=1S/C22H24N2O3S/c1-15-23-19(14-28-15)17-6-8-18(9-7-17)22(25)24(2)12-11-16-5-10-20(26-3)21(13-16)27-4/h5-10,13-14H,11-12H2,1-4H3. The molecule has 1 heterocycles. The first-order valence-corrected chi connectivity index (χ1v) is 9.88. The van der Waals surface area contributed by atoms with E-state index in [1.165, 1.54) is 0 Å². The molecular weight excluding hydrogens is 372 g/mol. The molecule has 0 bridgehead atoms. The molecule has 28 heavy (non-hydrogen) atoms. The largest absolute Gasteiger partial charge is 0.493 e. The van der Waals surface area contributed by atoms with E-state index in [2.05, 4.69) is 4.98 Å². The van der Waals surface area contributed by atoms with Crippen LogP contribution in [0, 0.1) is 6.92 Å². The number of hydrogen-bond donors (Lipinski definition) is 0. The molecule has 1 amide bonds. The zero-order valence-corrected chi connectivity index (χ0v) is 17.4. The summed E-state index contributed by atoms with van der Waals surface area (Å²) >= 11 is 1.62. The number of rotatable bonds is 7. The molecule has 1 aromatic heterocycles. The number of aromatic nitrogens is 1. The highest BCUT2D eigenvalue weighted by molar-refractivity contribution is 7.09. The molecule has 3 rings (SSSR count). The van der Waals surface area contributed by atoms with Crippen LogP contribution in [-0.2, 0) is 6.42 Å². The van der Waals surface area contributed by atoms with Crippen molar-refractivity contribution in [3.05, 3.63) is 64.0 Å². The second-order valence-electron chi connectivity index (χ2n) is 6.50. The Bertz CT molecular complexity index is 951. The first kappa shape index (κ1) is 19.9. The zero-order valence-electron chi connectivity index (χ0n) is 16.6. The number of hydrogen-bond acceptors (Lipinski definition) is 5. The number of ether oxygens (including phenoxy) is 2. The van der Waals surface area contributed by atoms with E-state index in [-0.39, 0.29) is 5.91 Å². The Morgan fingerprint density at radius 3 is 2.39 bits per heavy atom. The third kappa shape index (κ3) is 4.51. The van der Waals surface area contributed by atoms with Gasteiger partial charge < -0.3 is 14.4 Å². The van der Waals surface area contributed by atoms with E-state index in [1.54, 1.807) is 30.5 Å². The van der Waals surface area contributed by atoms with Crippen molar-refractivity contribution in [1.82, 2.24) is 9.88 Å². The Morgan fingerprint density at radius 2 is 1.79 bits per heavy atom. The van der Waals surface area contributed by atoms with Crippen molar-refractivity contribution in [2.45, 2.75) is 13.3 Å². The highest BCUT2D eigenvalue weighted by atomic mass is 32.1. The summed E-state index contributed by atoms with van der Waals surface area (Å²) in [4.78, 5) is 18.9. The molecule has 6 heteroatoms. The van der Waals surface area contributed by atoms with Crippen molar-refractivity contribution in [3.63, 3.8) is 0 Å². The van der Waals surface area contributed by atoms with E-state index in [0.717, 1.165) is 28.2 Å². The quantitative estimate of drug-likeness (QED) is 0.592. The van der Waals surface area contributed by atoms with Crippen LogP contribution in [0.4, 0.5) is 0 Å². The van der Waals surface area contributed by atoms with Crippen molar-refractivity contribution in [2.24, 2.45) is 0 Å². The predicted octanol–water partition coefficient (Wildman–Crippen LogP) is 4.45. The van der Waals surface area contributed by atoms with E-state index in [0.29, 0.717) is 23.6 Å². The fraction of sp³-hybridized carbons (Fsp3) is 0.273. The summed E-state index contributed by atoms with van der Waals surface area (Å²) in [5, 5.41) is 3.06. The van der Waals surface area contributed by atoms with Crippen molar-refractivity contribution < 1.29 is 14.3 Å². The second kappa shape index (κ2) is 8.89. The molecule has 2 aromatic carbocycles. The normalized spacial score (nSPS) is 10.6. The van der Waals surface area contributed by atoms with Crippen molar-refractivity contribution in [1.29, 1.82) is 0 Å². The summed E-state index contributed by atoms with van der Waals surface area (Å²) in [5.74, 6) is 1.40. The summed E-state index contributed by atoms with van der Waals surface area (Å²) in [5.41, 5.74) is 3.73. The number of likely N-dealkylation sites (N-methyl/N-ethyl adjacent to an activating group) is 1. The van der Waals surface area contributed by atoms with Gasteiger partial charge in [0.1, 0.15) is 0 Å². The predicted molar refractivity (Wildman–Crippen MR) is 112 cm³/mol. The van der Waals surface area contributed by atoms with Crippen LogP contribution in [0.15, 0.2) is 47.8 Å². The minimum absolute atomic E-state index is 0.00138. The zero-order chi connectivity index (χ0) is 20.1. The number of aryl methyl sites for hydroxylation is 1. The van der Waals surface area contributed by atoms with Gasteiger partial charge in [-0.25, -0.2) is 4.98 Å². The van der Waals surface area contributed by atoms with Crippen LogP contribution in [0.3, 0.4) is 0 Å². The Balaban J connectivity index is 1.63. The fourth-order valence-electron chi connectivity index (χ4n) is 2.93. The monoisotopic (exact) mass is 396 g/mol. The Labute approximate surface area is 169 Å². The number of thiazole rings is 1. The Kier molecular flexibility index (Phi) is 6.31. The fourth-order valence-corrected chi connectivity index (χ4v) is 3.56. The minimum Gasteiger partial charge on any atom is -0.493 e. The van der Waals surface area contributed by atoms with Gasteiger partial charge >= 0.3 is 0 Å². The molecule has 0 fully saturated rings. The van der Waals surface area contributed by atoms with E-state index in [9.17, 15) is 4.79 Å². The number of nitrogens with zero attached hydrogens (tertiary/aromatic N) is 2. The molecule has 0 radical (unpaired) electrons. The molecule has 3 aromatic rings. The highest BCUT2D eigenvalue weighted by Gasteiger charge is 2.13. The third-order valence-corrected chi connectivity index (χ3v) is 5.35. The SMILES string of the molecule is COc1ccc(CCN(C)C(=O)c2ccc(-c3csc(C)n3)cc2)cc1OC. The summed E-state index contributed by atoms with van der Waals surface area (Å²) < 4.78 is 10.6. The molecule has 0 atom stereocenters. The van der Waals surface area contributed by atoms with E-state index >= 15 is 0 Å². The topological polar surface area (TPSA) is 51.7 Å². The first-order chi connectivity index (χ1) is 13.5.